The first-order valence-electron chi connectivity index (χ1n) is 6.86. The van der Waals surface area contributed by atoms with Crippen LogP contribution in [0.4, 0.5) is 5.13 Å². The fourth-order valence-corrected chi connectivity index (χ4v) is 4.15. The predicted molar refractivity (Wildman–Crippen MR) is 83.6 cm³/mol. The van der Waals surface area contributed by atoms with Crippen LogP contribution in [0.2, 0.25) is 0 Å². The molecule has 3 rings (SSSR count). The van der Waals surface area contributed by atoms with E-state index in [0.29, 0.717) is 15.7 Å². The van der Waals surface area contributed by atoms with Gasteiger partial charge in [-0.3, -0.25) is 0 Å². The van der Waals surface area contributed by atoms with Crippen LogP contribution in [0, 0.1) is 0 Å². The number of hydrogen-bond acceptors (Lipinski definition) is 5. The largest absolute Gasteiger partial charge is 0.375 e. The molecule has 0 fully saturated rings. The van der Waals surface area contributed by atoms with E-state index in [4.69, 9.17) is 5.73 Å². The number of nitrogens with two attached hydrogens (primary N) is 1. The molecule has 7 heteroatoms. The number of rotatable bonds is 4. The van der Waals surface area contributed by atoms with Crippen LogP contribution in [-0.2, 0) is 29.4 Å². The Morgan fingerprint density at radius 3 is 2.71 bits per heavy atom. The van der Waals surface area contributed by atoms with Gasteiger partial charge < -0.3 is 5.73 Å². The van der Waals surface area contributed by atoms with Crippen LogP contribution < -0.4 is 10.5 Å². The normalized spacial score (nSPS) is 14.9. The number of aromatic nitrogens is 1. The van der Waals surface area contributed by atoms with Crippen LogP contribution >= 0.6 is 11.3 Å². The first kappa shape index (κ1) is 14.5. The predicted octanol–water partition coefficient (Wildman–Crippen LogP) is 2.08. The van der Waals surface area contributed by atoms with Gasteiger partial charge in [0.15, 0.2) is 5.13 Å². The van der Waals surface area contributed by atoms with Crippen molar-refractivity contribution in [2.45, 2.75) is 37.1 Å². The van der Waals surface area contributed by atoms with Gasteiger partial charge >= 0.3 is 0 Å². The Hall–Kier alpha value is -1.44. The Morgan fingerprint density at radius 2 is 2.00 bits per heavy atom. The molecule has 0 spiro atoms. The van der Waals surface area contributed by atoms with Crippen molar-refractivity contribution in [1.29, 1.82) is 0 Å². The highest BCUT2D eigenvalue weighted by Gasteiger charge is 2.17. The summed E-state index contributed by atoms with van der Waals surface area (Å²) in [6.07, 6.45) is 4.31. The van der Waals surface area contributed by atoms with Gasteiger partial charge in [-0.05, 0) is 48.9 Å². The number of nitrogens with one attached hydrogen (secondary N) is 1. The summed E-state index contributed by atoms with van der Waals surface area (Å²) in [4.78, 5) is 4.37. The van der Waals surface area contributed by atoms with Gasteiger partial charge in [-0.25, -0.2) is 18.1 Å². The third-order valence-corrected chi connectivity index (χ3v) is 5.76. The maximum atomic E-state index is 12.3. The molecule has 21 heavy (non-hydrogen) atoms. The lowest BCUT2D eigenvalue weighted by molar-refractivity contribution is 0.580. The second kappa shape index (κ2) is 5.75. The summed E-state index contributed by atoms with van der Waals surface area (Å²) in [5.74, 6) is 0. The average Bonchev–Trinajstić information content (AvgIpc) is 2.90. The zero-order chi connectivity index (χ0) is 14.9. The van der Waals surface area contributed by atoms with Crippen molar-refractivity contribution in [3.63, 3.8) is 0 Å². The maximum Gasteiger partial charge on any atom is 0.240 e. The van der Waals surface area contributed by atoms with Gasteiger partial charge in [0.25, 0.3) is 0 Å². The van der Waals surface area contributed by atoms with E-state index in [-0.39, 0.29) is 6.54 Å². The third-order valence-electron chi connectivity index (χ3n) is 3.64. The van der Waals surface area contributed by atoms with Gasteiger partial charge in [0, 0.05) is 5.38 Å². The molecule has 0 saturated carbocycles. The maximum absolute atomic E-state index is 12.3. The summed E-state index contributed by atoms with van der Waals surface area (Å²) in [6.45, 7) is 0.160. The van der Waals surface area contributed by atoms with Gasteiger partial charge in [0.05, 0.1) is 17.1 Å². The van der Waals surface area contributed by atoms with Gasteiger partial charge in [0.1, 0.15) is 0 Å². The van der Waals surface area contributed by atoms with Crippen molar-refractivity contribution in [1.82, 2.24) is 9.71 Å². The monoisotopic (exact) mass is 323 g/mol. The Kier molecular flexibility index (Phi) is 3.97. The highest BCUT2D eigenvalue weighted by atomic mass is 32.2. The van der Waals surface area contributed by atoms with Crippen molar-refractivity contribution < 1.29 is 8.42 Å². The molecule has 0 radical (unpaired) electrons. The molecule has 2 aromatic rings. The number of nitrogens with zero attached hydrogens (tertiary/aromatic N) is 1. The number of benzene rings is 1. The van der Waals surface area contributed by atoms with E-state index in [1.165, 1.54) is 23.3 Å². The van der Waals surface area contributed by atoms with Crippen molar-refractivity contribution >= 4 is 26.5 Å². The lowest BCUT2D eigenvalue weighted by Gasteiger charge is -2.16. The van der Waals surface area contributed by atoms with E-state index in [9.17, 15) is 8.42 Å². The molecule has 0 saturated heterocycles. The van der Waals surface area contributed by atoms with Crippen LogP contribution in [0.25, 0.3) is 0 Å². The fraction of sp³-hybridized carbons (Fsp3) is 0.357. The molecule has 0 atom stereocenters. The SMILES string of the molecule is Nc1nc(CNS(=O)(=O)c2ccc3c(c2)CCCC3)cs1. The summed E-state index contributed by atoms with van der Waals surface area (Å²) in [5.41, 5.74) is 8.60. The van der Waals surface area contributed by atoms with Crippen molar-refractivity contribution in [2.75, 3.05) is 5.73 Å². The standard InChI is InChI=1S/C14H17N3O2S2/c15-14-17-12(9-20-14)8-16-21(18,19)13-6-5-10-3-1-2-4-11(10)7-13/h5-7,9,16H,1-4,8H2,(H2,15,17). The van der Waals surface area contributed by atoms with Crippen molar-refractivity contribution in [2.24, 2.45) is 0 Å². The van der Waals surface area contributed by atoms with Gasteiger partial charge in [0.2, 0.25) is 10.0 Å². The fourth-order valence-electron chi connectivity index (χ4n) is 2.53. The van der Waals surface area contributed by atoms with E-state index in [1.807, 2.05) is 6.07 Å². The van der Waals surface area contributed by atoms with Crippen LogP contribution in [-0.4, -0.2) is 13.4 Å². The summed E-state index contributed by atoms with van der Waals surface area (Å²) >= 11 is 1.30. The summed E-state index contributed by atoms with van der Waals surface area (Å²) in [6, 6.07) is 5.41. The van der Waals surface area contributed by atoms with E-state index in [1.54, 1.807) is 17.5 Å². The van der Waals surface area contributed by atoms with Crippen LogP contribution in [0.5, 0.6) is 0 Å². The van der Waals surface area contributed by atoms with Gasteiger partial charge in [-0.1, -0.05) is 6.07 Å². The van der Waals surface area contributed by atoms with Crippen molar-refractivity contribution in [3.8, 4) is 0 Å². The first-order valence-corrected chi connectivity index (χ1v) is 9.22. The molecule has 5 nitrogen and oxygen atoms in total. The second-order valence-corrected chi connectivity index (χ2v) is 7.80. The van der Waals surface area contributed by atoms with E-state index in [0.717, 1.165) is 24.8 Å². The quantitative estimate of drug-likeness (QED) is 0.902. The zero-order valence-corrected chi connectivity index (χ0v) is 13.1. The zero-order valence-electron chi connectivity index (χ0n) is 11.5. The molecule has 1 aromatic heterocycles. The van der Waals surface area contributed by atoms with E-state index < -0.39 is 10.0 Å². The first-order chi connectivity index (χ1) is 10.0. The van der Waals surface area contributed by atoms with Crippen molar-refractivity contribution in [3.05, 3.63) is 40.4 Å². The number of nitrogen functional groups attached to an aromatic ring is 1. The molecule has 0 amide bonds. The molecular formula is C14H17N3O2S2. The highest BCUT2D eigenvalue weighted by molar-refractivity contribution is 7.89. The van der Waals surface area contributed by atoms with Crippen LogP contribution in [0.15, 0.2) is 28.5 Å². The van der Waals surface area contributed by atoms with E-state index in [2.05, 4.69) is 9.71 Å². The molecule has 1 heterocycles. The summed E-state index contributed by atoms with van der Waals surface area (Å²) in [5, 5.41) is 2.20. The molecular weight excluding hydrogens is 306 g/mol. The Bertz CT molecular complexity index is 753. The molecule has 0 unspecified atom stereocenters. The lowest BCUT2D eigenvalue weighted by atomic mass is 9.92. The number of aryl methyl sites for hydroxylation is 2. The van der Waals surface area contributed by atoms with Gasteiger partial charge in [-0.2, -0.15) is 0 Å². The average molecular weight is 323 g/mol. The lowest BCUT2D eigenvalue weighted by Crippen LogP contribution is -2.23. The molecule has 1 aliphatic carbocycles. The van der Waals surface area contributed by atoms with Gasteiger partial charge in [-0.15, -0.1) is 11.3 Å². The number of fused-ring (bicyclic) bond motifs is 1. The molecule has 0 bridgehead atoms. The Morgan fingerprint density at radius 1 is 1.24 bits per heavy atom. The minimum Gasteiger partial charge on any atom is -0.375 e. The minimum atomic E-state index is -3.51. The molecule has 1 aromatic carbocycles. The molecule has 3 N–H and O–H groups in total. The van der Waals surface area contributed by atoms with Crippen LogP contribution in [0.1, 0.15) is 29.7 Å². The highest BCUT2D eigenvalue weighted by Crippen LogP contribution is 2.24. The Balaban J connectivity index is 1.78. The summed E-state index contributed by atoms with van der Waals surface area (Å²) in [7, 11) is -3.51. The topological polar surface area (TPSA) is 85.1 Å². The molecule has 0 aliphatic heterocycles. The third kappa shape index (κ3) is 3.25. The minimum absolute atomic E-state index is 0.160. The number of sulfonamides is 1. The van der Waals surface area contributed by atoms with Crippen LogP contribution in [0.3, 0.4) is 0 Å². The smallest absolute Gasteiger partial charge is 0.240 e. The second-order valence-electron chi connectivity index (χ2n) is 5.14. The number of anilines is 1. The number of thiazole rings is 1. The summed E-state index contributed by atoms with van der Waals surface area (Å²) < 4.78 is 27.2. The number of hydrogen-bond donors (Lipinski definition) is 2. The Labute approximate surface area is 128 Å². The van der Waals surface area contributed by atoms with E-state index >= 15 is 0 Å². The molecule has 1 aliphatic rings. The molecule has 112 valence electrons.